The Labute approximate surface area is 117 Å². The van der Waals surface area contributed by atoms with Gasteiger partial charge in [0.15, 0.2) is 0 Å². The van der Waals surface area contributed by atoms with Crippen molar-refractivity contribution in [2.75, 3.05) is 25.0 Å². The summed E-state index contributed by atoms with van der Waals surface area (Å²) in [5, 5.41) is 23.6. The van der Waals surface area contributed by atoms with E-state index >= 15 is 0 Å². The second-order valence-corrected chi connectivity index (χ2v) is 4.43. The zero-order valence-corrected chi connectivity index (χ0v) is 10.8. The fourth-order valence-electron chi connectivity index (χ4n) is 1.98. The Balaban J connectivity index is 1.97. The first kappa shape index (κ1) is 14.0. The highest BCUT2D eigenvalue weighted by molar-refractivity contribution is 5.91. The highest BCUT2D eigenvalue weighted by atomic mass is 16.5. The molecule has 2 N–H and O–H groups in total. The minimum Gasteiger partial charge on any atom is -0.375 e. The number of carbonyl (C=O) groups excluding carboxylic acids is 1. The molecule has 1 amide bonds. The van der Waals surface area contributed by atoms with Gasteiger partial charge in [-0.3, -0.25) is 4.79 Å². The Bertz CT molecular complexity index is 580. The van der Waals surface area contributed by atoms with Crippen molar-refractivity contribution in [2.24, 2.45) is 0 Å². The Kier molecular flexibility index (Phi) is 4.67. The number of anilines is 1. The van der Waals surface area contributed by atoms with Crippen molar-refractivity contribution in [3.63, 3.8) is 0 Å². The van der Waals surface area contributed by atoms with Crippen molar-refractivity contribution >= 4 is 11.6 Å². The van der Waals surface area contributed by atoms with Gasteiger partial charge in [0.05, 0.1) is 30.3 Å². The Morgan fingerprint density at radius 2 is 2.20 bits per heavy atom. The largest absolute Gasteiger partial charge is 0.375 e. The van der Waals surface area contributed by atoms with Gasteiger partial charge >= 0.3 is 0 Å². The summed E-state index contributed by atoms with van der Waals surface area (Å²) >= 11 is 0. The Hall–Kier alpha value is -2.41. The summed E-state index contributed by atoms with van der Waals surface area (Å²) in [5.74, 6) is -0.174. The molecule has 1 unspecified atom stereocenters. The maximum Gasteiger partial charge on any atom is 0.227 e. The van der Waals surface area contributed by atoms with Gasteiger partial charge in [0.25, 0.3) is 0 Å². The number of carbonyl (C=O) groups is 1. The molecule has 1 aromatic rings. The molecule has 1 heterocycles. The highest BCUT2D eigenvalue weighted by Gasteiger charge is 2.17. The lowest BCUT2D eigenvalue weighted by molar-refractivity contribution is -0.119. The molecular weight excluding hydrogens is 256 g/mol. The summed E-state index contributed by atoms with van der Waals surface area (Å²) in [6.45, 7) is 2.07. The first-order valence-electron chi connectivity index (χ1n) is 6.29. The summed E-state index contributed by atoms with van der Waals surface area (Å²) in [6, 6.07) is 8.49. The highest BCUT2D eigenvalue weighted by Crippen LogP contribution is 2.15. The van der Waals surface area contributed by atoms with Crippen LogP contribution in [-0.2, 0) is 9.53 Å². The molecule has 0 bridgehead atoms. The van der Waals surface area contributed by atoms with Crippen LogP contribution in [0.15, 0.2) is 18.2 Å². The predicted molar refractivity (Wildman–Crippen MR) is 71.7 cm³/mol. The molecule has 6 heteroatoms. The normalized spacial score (nSPS) is 17.8. The number of nitrogens with one attached hydrogen (secondary N) is 2. The van der Waals surface area contributed by atoms with E-state index in [0.717, 1.165) is 6.54 Å². The van der Waals surface area contributed by atoms with Crippen molar-refractivity contribution in [3.05, 3.63) is 29.3 Å². The lowest BCUT2D eigenvalue weighted by atomic mass is 10.1. The molecule has 0 radical (unpaired) electrons. The van der Waals surface area contributed by atoms with E-state index in [1.807, 2.05) is 12.1 Å². The molecule has 0 aliphatic carbocycles. The van der Waals surface area contributed by atoms with Gasteiger partial charge in [0.1, 0.15) is 12.1 Å². The molecule has 1 aliphatic heterocycles. The van der Waals surface area contributed by atoms with Crippen LogP contribution < -0.4 is 10.6 Å². The average Bonchev–Trinajstić information content (AvgIpc) is 2.48. The molecule has 0 aromatic heterocycles. The molecule has 20 heavy (non-hydrogen) atoms. The number of morpholine rings is 1. The third kappa shape index (κ3) is 3.55. The first-order valence-corrected chi connectivity index (χ1v) is 6.29. The standard InChI is InChI=1S/C14H14N4O2/c15-7-10-1-2-12(5-11(10)8-16)18-14(19)6-13-9-17-3-4-20-13/h1-2,5,13,17H,3-4,6,9H2,(H,18,19). The van der Waals surface area contributed by atoms with E-state index in [2.05, 4.69) is 10.6 Å². The van der Waals surface area contributed by atoms with Gasteiger partial charge in [-0.05, 0) is 18.2 Å². The van der Waals surface area contributed by atoms with E-state index in [9.17, 15) is 4.79 Å². The van der Waals surface area contributed by atoms with E-state index in [0.29, 0.717) is 24.4 Å². The van der Waals surface area contributed by atoms with Gasteiger partial charge in [-0.15, -0.1) is 0 Å². The lowest BCUT2D eigenvalue weighted by Gasteiger charge is -2.23. The average molecular weight is 270 g/mol. The molecule has 1 fully saturated rings. The predicted octanol–water partition coefficient (Wildman–Crippen LogP) is 0.747. The van der Waals surface area contributed by atoms with E-state index in [1.165, 1.54) is 12.1 Å². The number of rotatable bonds is 3. The first-order chi connectivity index (χ1) is 9.72. The molecule has 0 spiro atoms. The van der Waals surface area contributed by atoms with Gasteiger partial charge < -0.3 is 15.4 Å². The number of ether oxygens (including phenoxy) is 1. The zero-order valence-electron chi connectivity index (χ0n) is 10.8. The third-order valence-electron chi connectivity index (χ3n) is 2.96. The van der Waals surface area contributed by atoms with Gasteiger partial charge in [0, 0.05) is 18.8 Å². The van der Waals surface area contributed by atoms with E-state index < -0.39 is 0 Å². The maximum atomic E-state index is 11.9. The van der Waals surface area contributed by atoms with Crippen LogP contribution in [0.5, 0.6) is 0 Å². The number of hydrogen-bond donors (Lipinski definition) is 2. The van der Waals surface area contributed by atoms with Crippen LogP contribution in [0, 0.1) is 22.7 Å². The molecule has 1 saturated heterocycles. The van der Waals surface area contributed by atoms with Gasteiger partial charge in [-0.2, -0.15) is 10.5 Å². The van der Waals surface area contributed by atoms with Crippen LogP contribution in [0.1, 0.15) is 17.5 Å². The van der Waals surface area contributed by atoms with Crippen molar-refractivity contribution in [3.8, 4) is 12.1 Å². The molecule has 6 nitrogen and oxygen atoms in total. The maximum absolute atomic E-state index is 11.9. The minimum absolute atomic E-state index is 0.127. The second kappa shape index (κ2) is 6.67. The SMILES string of the molecule is N#Cc1ccc(NC(=O)CC2CNCCO2)cc1C#N. The van der Waals surface area contributed by atoms with Gasteiger partial charge in [-0.1, -0.05) is 0 Å². The number of amides is 1. The van der Waals surface area contributed by atoms with E-state index in [1.54, 1.807) is 6.07 Å². The quantitative estimate of drug-likeness (QED) is 0.844. The van der Waals surface area contributed by atoms with Crippen molar-refractivity contribution in [1.29, 1.82) is 10.5 Å². The van der Waals surface area contributed by atoms with Crippen LogP contribution in [0.2, 0.25) is 0 Å². The number of benzene rings is 1. The van der Waals surface area contributed by atoms with Crippen LogP contribution >= 0.6 is 0 Å². The van der Waals surface area contributed by atoms with Crippen molar-refractivity contribution in [1.82, 2.24) is 5.32 Å². The summed E-state index contributed by atoms with van der Waals surface area (Å²) in [4.78, 5) is 11.9. The number of hydrogen-bond acceptors (Lipinski definition) is 5. The van der Waals surface area contributed by atoms with Crippen molar-refractivity contribution in [2.45, 2.75) is 12.5 Å². The third-order valence-corrected chi connectivity index (χ3v) is 2.96. The molecular formula is C14H14N4O2. The summed E-state index contributed by atoms with van der Waals surface area (Å²) in [7, 11) is 0. The van der Waals surface area contributed by atoms with Gasteiger partial charge in [0.2, 0.25) is 5.91 Å². The van der Waals surface area contributed by atoms with Crippen molar-refractivity contribution < 1.29 is 9.53 Å². The van der Waals surface area contributed by atoms with Crippen LogP contribution in [0.25, 0.3) is 0 Å². The van der Waals surface area contributed by atoms with Crippen LogP contribution in [0.4, 0.5) is 5.69 Å². The van der Waals surface area contributed by atoms with Crippen LogP contribution in [-0.4, -0.2) is 31.7 Å². The monoisotopic (exact) mass is 270 g/mol. The molecule has 102 valence electrons. The Morgan fingerprint density at radius 3 is 2.85 bits per heavy atom. The van der Waals surface area contributed by atoms with E-state index in [-0.39, 0.29) is 24.0 Å². The number of nitriles is 2. The smallest absolute Gasteiger partial charge is 0.227 e. The summed E-state index contributed by atoms with van der Waals surface area (Å²) < 4.78 is 5.45. The topological polar surface area (TPSA) is 97.9 Å². The molecule has 1 aliphatic rings. The minimum atomic E-state index is -0.174. The van der Waals surface area contributed by atoms with E-state index in [4.69, 9.17) is 15.3 Å². The van der Waals surface area contributed by atoms with Gasteiger partial charge in [-0.25, -0.2) is 0 Å². The second-order valence-electron chi connectivity index (χ2n) is 4.43. The fraction of sp³-hybridized carbons (Fsp3) is 0.357. The van der Waals surface area contributed by atoms with Crippen LogP contribution in [0.3, 0.4) is 0 Å². The molecule has 0 saturated carbocycles. The fourth-order valence-corrected chi connectivity index (χ4v) is 1.98. The number of nitrogens with zero attached hydrogens (tertiary/aromatic N) is 2. The lowest BCUT2D eigenvalue weighted by Crippen LogP contribution is -2.40. The molecule has 1 atom stereocenters. The molecule has 1 aromatic carbocycles. The summed E-state index contributed by atoms with van der Waals surface area (Å²) in [6.07, 6.45) is 0.132. The summed E-state index contributed by atoms with van der Waals surface area (Å²) in [5.41, 5.74) is 1.06. The zero-order chi connectivity index (χ0) is 14.4. The Morgan fingerprint density at radius 1 is 1.40 bits per heavy atom. The molecule has 2 rings (SSSR count).